The lowest BCUT2D eigenvalue weighted by molar-refractivity contribution is 0.0601. The van der Waals surface area contributed by atoms with Crippen molar-refractivity contribution < 1.29 is 14.3 Å². The molecule has 0 atom stereocenters. The Morgan fingerprint density at radius 1 is 1.08 bits per heavy atom. The highest BCUT2D eigenvalue weighted by Crippen LogP contribution is 2.29. The average Bonchev–Trinajstić information content (AvgIpc) is 2.61. The summed E-state index contributed by atoms with van der Waals surface area (Å²) < 4.78 is 11.5. The lowest BCUT2D eigenvalue weighted by Crippen LogP contribution is -2.11. The molecule has 0 unspecified atom stereocenters. The zero-order valence-electron chi connectivity index (χ0n) is 15.8. The summed E-state index contributed by atoms with van der Waals surface area (Å²) in [4.78, 5) is 12.0. The number of aryl methyl sites for hydroxylation is 3. The van der Waals surface area contributed by atoms with E-state index in [4.69, 9.17) is 9.47 Å². The first-order valence-electron chi connectivity index (χ1n) is 8.74. The van der Waals surface area contributed by atoms with Crippen LogP contribution in [0.1, 0.15) is 39.9 Å². The summed E-state index contributed by atoms with van der Waals surface area (Å²) in [5, 5.41) is 3.34. The number of esters is 1. The van der Waals surface area contributed by atoms with Crippen molar-refractivity contribution in [2.75, 3.05) is 25.6 Å². The third-order valence-electron chi connectivity index (χ3n) is 4.26. The van der Waals surface area contributed by atoms with Gasteiger partial charge in [-0.15, -0.1) is 0 Å². The predicted molar refractivity (Wildman–Crippen MR) is 109 cm³/mol. The van der Waals surface area contributed by atoms with Gasteiger partial charge < -0.3 is 14.8 Å². The van der Waals surface area contributed by atoms with Crippen molar-refractivity contribution in [3.63, 3.8) is 0 Å². The maximum Gasteiger partial charge on any atom is 0.340 e. The molecule has 0 saturated carbocycles. The van der Waals surface area contributed by atoms with E-state index in [1.165, 1.54) is 18.2 Å². The number of hydrogen-bond acceptors (Lipinski definition) is 4. The zero-order chi connectivity index (χ0) is 19.1. The molecule has 0 aromatic heterocycles. The minimum Gasteiger partial charge on any atom is -0.494 e. The van der Waals surface area contributed by atoms with Gasteiger partial charge in [-0.1, -0.05) is 6.07 Å². The monoisotopic (exact) mass is 419 g/mol. The summed E-state index contributed by atoms with van der Waals surface area (Å²) in [7, 11) is 1.40. The molecule has 0 radical (unpaired) electrons. The predicted octanol–water partition coefficient (Wildman–Crippen LogP) is 5.43. The molecule has 2 rings (SSSR count). The summed E-state index contributed by atoms with van der Waals surface area (Å²) >= 11 is 3.53. The van der Waals surface area contributed by atoms with Crippen LogP contribution in [-0.2, 0) is 4.74 Å². The molecular formula is C21H26BrNO3. The van der Waals surface area contributed by atoms with Gasteiger partial charge in [0.2, 0.25) is 0 Å². The summed E-state index contributed by atoms with van der Waals surface area (Å²) in [5.41, 5.74) is 4.84. The molecule has 0 saturated heterocycles. The number of rotatable bonds is 8. The Morgan fingerprint density at radius 3 is 2.54 bits per heavy atom. The van der Waals surface area contributed by atoms with Crippen LogP contribution in [0, 0.1) is 20.8 Å². The fourth-order valence-corrected chi connectivity index (χ4v) is 3.34. The number of carbonyl (C=O) groups excluding carboxylic acids is 1. The van der Waals surface area contributed by atoms with E-state index in [1.54, 1.807) is 0 Å². The van der Waals surface area contributed by atoms with Crippen LogP contribution in [0.25, 0.3) is 0 Å². The van der Waals surface area contributed by atoms with E-state index >= 15 is 0 Å². The van der Waals surface area contributed by atoms with E-state index in [9.17, 15) is 4.79 Å². The quantitative estimate of drug-likeness (QED) is 0.457. The molecule has 5 heteroatoms. The van der Waals surface area contributed by atoms with Crippen LogP contribution in [0.4, 0.5) is 5.69 Å². The molecular weight excluding hydrogens is 394 g/mol. The summed E-state index contributed by atoms with van der Waals surface area (Å²) in [5.74, 6) is 0.574. The number of benzene rings is 2. The molecule has 1 N–H and O–H groups in total. The SMILES string of the molecule is COC(=O)c1cc(C)cc(Br)c1NCCCCOc1ccc(C)c(C)c1. The van der Waals surface area contributed by atoms with E-state index in [-0.39, 0.29) is 5.97 Å². The van der Waals surface area contributed by atoms with Crippen LogP contribution in [-0.4, -0.2) is 26.2 Å². The number of anilines is 1. The third-order valence-corrected chi connectivity index (χ3v) is 4.89. The summed E-state index contributed by atoms with van der Waals surface area (Å²) in [6, 6.07) is 9.97. The Labute approximate surface area is 164 Å². The number of methoxy groups -OCH3 is 1. The Morgan fingerprint density at radius 2 is 1.85 bits per heavy atom. The van der Waals surface area contributed by atoms with Gasteiger partial charge in [-0.05, 0) is 90.5 Å². The van der Waals surface area contributed by atoms with Crippen molar-refractivity contribution in [3.8, 4) is 5.75 Å². The first-order valence-corrected chi connectivity index (χ1v) is 9.54. The third kappa shape index (κ3) is 5.49. The fraction of sp³-hybridized carbons (Fsp3) is 0.381. The Hall–Kier alpha value is -2.01. The van der Waals surface area contributed by atoms with E-state index < -0.39 is 0 Å². The van der Waals surface area contributed by atoms with Crippen molar-refractivity contribution in [3.05, 3.63) is 57.1 Å². The van der Waals surface area contributed by atoms with Crippen LogP contribution >= 0.6 is 15.9 Å². The first kappa shape index (κ1) is 20.3. The maximum atomic E-state index is 12.0. The summed E-state index contributed by atoms with van der Waals surface area (Å²) in [6.45, 7) is 7.55. The lowest BCUT2D eigenvalue weighted by atomic mass is 10.1. The Kier molecular flexibility index (Phi) is 7.51. The minimum atomic E-state index is -0.338. The highest BCUT2D eigenvalue weighted by molar-refractivity contribution is 9.10. The number of hydrogen-bond donors (Lipinski definition) is 1. The molecule has 0 spiro atoms. The molecule has 4 nitrogen and oxygen atoms in total. The number of halogens is 1. The molecule has 0 fully saturated rings. The van der Waals surface area contributed by atoms with Crippen molar-refractivity contribution in [2.45, 2.75) is 33.6 Å². The van der Waals surface area contributed by atoms with Crippen LogP contribution < -0.4 is 10.1 Å². The van der Waals surface area contributed by atoms with Crippen LogP contribution in [0.5, 0.6) is 5.75 Å². The number of carbonyl (C=O) groups is 1. The van der Waals surface area contributed by atoms with E-state index in [1.807, 2.05) is 25.1 Å². The van der Waals surface area contributed by atoms with Crippen molar-refractivity contribution in [1.82, 2.24) is 0 Å². The average molecular weight is 420 g/mol. The Bertz CT molecular complexity index is 774. The zero-order valence-corrected chi connectivity index (χ0v) is 17.4. The number of ether oxygens (including phenoxy) is 2. The fourth-order valence-electron chi connectivity index (χ4n) is 2.63. The second-order valence-corrected chi connectivity index (χ2v) is 7.24. The Balaban J connectivity index is 1.82. The van der Waals surface area contributed by atoms with E-state index in [0.717, 1.165) is 40.9 Å². The van der Waals surface area contributed by atoms with Gasteiger partial charge in [-0.25, -0.2) is 4.79 Å². The van der Waals surface area contributed by atoms with Crippen LogP contribution in [0.2, 0.25) is 0 Å². The maximum absolute atomic E-state index is 12.0. The largest absolute Gasteiger partial charge is 0.494 e. The molecule has 0 aliphatic carbocycles. The second-order valence-electron chi connectivity index (χ2n) is 6.39. The molecule has 0 bridgehead atoms. The lowest BCUT2D eigenvalue weighted by Gasteiger charge is -2.14. The molecule has 0 amide bonds. The van der Waals surface area contributed by atoms with Gasteiger partial charge in [-0.2, -0.15) is 0 Å². The number of nitrogens with one attached hydrogen (secondary N) is 1. The van der Waals surface area contributed by atoms with Crippen LogP contribution in [0.15, 0.2) is 34.8 Å². The highest BCUT2D eigenvalue weighted by atomic mass is 79.9. The van der Waals surface area contributed by atoms with Gasteiger partial charge in [0.05, 0.1) is 25.0 Å². The number of unbranched alkanes of at least 4 members (excludes halogenated alkanes) is 1. The molecule has 2 aromatic carbocycles. The minimum absolute atomic E-state index is 0.338. The van der Waals surface area contributed by atoms with Gasteiger partial charge in [0, 0.05) is 11.0 Å². The van der Waals surface area contributed by atoms with Gasteiger partial charge in [-0.3, -0.25) is 0 Å². The van der Waals surface area contributed by atoms with Gasteiger partial charge in [0.1, 0.15) is 5.75 Å². The summed E-state index contributed by atoms with van der Waals surface area (Å²) in [6.07, 6.45) is 1.86. The molecule has 2 aromatic rings. The van der Waals surface area contributed by atoms with Crippen LogP contribution in [0.3, 0.4) is 0 Å². The molecule has 140 valence electrons. The van der Waals surface area contributed by atoms with E-state index in [0.29, 0.717) is 12.2 Å². The molecule has 26 heavy (non-hydrogen) atoms. The smallest absolute Gasteiger partial charge is 0.340 e. The van der Waals surface area contributed by atoms with Crippen molar-refractivity contribution >= 4 is 27.6 Å². The van der Waals surface area contributed by atoms with Gasteiger partial charge >= 0.3 is 5.97 Å². The van der Waals surface area contributed by atoms with Gasteiger partial charge in [0.25, 0.3) is 0 Å². The topological polar surface area (TPSA) is 47.6 Å². The van der Waals surface area contributed by atoms with Gasteiger partial charge in [0.15, 0.2) is 0 Å². The van der Waals surface area contributed by atoms with E-state index in [2.05, 4.69) is 47.2 Å². The first-order chi connectivity index (χ1) is 12.4. The highest BCUT2D eigenvalue weighted by Gasteiger charge is 2.15. The molecule has 0 heterocycles. The van der Waals surface area contributed by atoms with Crippen molar-refractivity contribution in [1.29, 1.82) is 0 Å². The molecule has 0 aliphatic heterocycles. The van der Waals surface area contributed by atoms with Crippen molar-refractivity contribution in [2.24, 2.45) is 0 Å². The molecule has 0 aliphatic rings. The normalized spacial score (nSPS) is 10.5. The second kappa shape index (κ2) is 9.62. The standard InChI is InChI=1S/C21H26BrNO3/c1-14-11-18(21(24)25-4)20(19(22)12-14)23-9-5-6-10-26-17-8-7-15(2)16(3)13-17/h7-8,11-13,23H,5-6,9-10H2,1-4H3.